The van der Waals surface area contributed by atoms with Gasteiger partial charge in [0.15, 0.2) is 0 Å². The molecule has 2 heterocycles. The van der Waals surface area contributed by atoms with E-state index in [2.05, 4.69) is 0 Å². The minimum atomic E-state index is -0.947. The molecule has 0 aliphatic rings. The Morgan fingerprint density at radius 1 is 0.643 bits per heavy atom. The fourth-order valence-corrected chi connectivity index (χ4v) is 3.81. The van der Waals surface area contributed by atoms with Crippen molar-refractivity contribution in [2.24, 2.45) is 0 Å². The largest absolute Gasteiger partial charge is 0.422 e. The number of fused-ring (bicyclic) bond motifs is 2. The Morgan fingerprint density at radius 3 is 1.43 bits per heavy atom. The van der Waals surface area contributed by atoms with E-state index in [0.717, 1.165) is 0 Å². The van der Waals surface area contributed by atoms with Crippen molar-refractivity contribution in [1.29, 1.82) is 0 Å². The van der Waals surface area contributed by atoms with Crippen LogP contribution in [0.2, 0.25) is 20.1 Å². The second kappa shape index (κ2) is 6.94. The van der Waals surface area contributed by atoms with Gasteiger partial charge in [0.2, 0.25) is 5.78 Å². The van der Waals surface area contributed by atoms with E-state index in [1.54, 1.807) is 0 Å². The second-order valence-electron chi connectivity index (χ2n) is 5.82. The summed E-state index contributed by atoms with van der Waals surface area (Å²) in [7, 11) is 0. The summed E-state index contributed by atoms with van der Waals surface area (Å²) in [5, 5.41) is 1.49. The summed E-state index contributed by atoms with van der Waals surface area (Å²) in [5.41, 5.74) is -2.43. The molecule has 5 nitrogen and oxygen atoms in total. The molecule has 0 radical (unpaired) electrons. The van der Waals surface area contributed by atoms with Crippen LogP contribution in [0.3, 0.4) is 0 Å². The Bertz CT molecular complexity index is 1310. The van der Waals surface area contributed by atoms with Gasteiger partial charge < -0.3 is 8.83 Å². The van der Waals surface area contributed by atoms with E-state index in [1.165, 1.54) is 36.4 Å². The van der Waals surface area contributed by atoms with Crippen LogP contribution in [-0.4, -0.2) is 5.78 Å². The topological polar surface area (TPSA) is 77.5 Å². The number of carbonyl (C=O) groups excluding carboxylic acids is 1. The molecule has 0 atom stereocenters. The van der Waals surface area contributed by atoms with E-state index < -0.39 is 17.0 Å². The maximum Gasteiger partial charge on any atom is 0.347 e. The molecule has 4 aromatic rings. The third-order valence-electron chi connectivity index (χ3n) is 4.02. The van der Waals surface area contributed by atoms with Crippen molar-refractivity contribution in [2.45, 2.75) is 0 Å². The van der Waals surface area contributed by atoms with Gasteiger partial charge in [0, 0.05) is 33.0 Å². The molecule has 9 heteroatoms. The molecule has 4 rings (SSSR count). The van der Waals surface area contributed by atoms with E-state index in [0.29, 0.717) is 10.8 Å². The number of hydrogen-bond donors (Lipinski definition) is 0. The number of hydrogen-bond acceptors (Lipinski definition) is 5. The summed E-state index contributed by atoms with van der Waals surface area (Å²) in [6.45, 7) is 0. The number of ketones is 1. The molecule has 2 aromatic heterocycles. The Kier molecular flexibility index (Phi) is 4.71. The summed E-state index contributed by atoms with van der Waals surface area (Å²) >= 11 is 24.0. The Labute approximate surface area is 176 Å². The van der Waals surface area contributed by atoms with Gasteiger partial charge >= 0.3 is 11.3 Å². The highest BCUT2D eigenvalue weighted by Crippen LogP contribution is 2.29. The molecule has 0 N–H and O–H groups in total. The van der Waals surface area contributed by atoms with E-state index in [1.807, 2.05) is 0 Å². The first-order chi connectivity index (χ1) is 13.2. The van der Waals surface area contributed by atoms with Crippen LogP contribution in [0.5, 0.6) is 0 Å². The molecular weight excluding hydrogens is 450 g/mol. The fraction of sp³-hybridized carbons (Fsp3) is 0. The van der Waals surface area contributed by atoms with Gasteiger partial charge in [-0.05, 0) is 24.3 Å². The first-order valence-corrected chi connectivity index (χ1v) is 9.16. The normalized spacial score (nSPS) is 11.3. The van der Waals surface area contributed by atoms with Crippen molar-refractivity contribution in [1.82, 2.24) is 0 Å². The van der Waals surface area contributed by atoms with Crippen LogP contribution in [0.15, 0.2) is 54.8 Å². The van der Waals surface area contributed by atoms with Crippen molar-refractivity contribution in [3.05, 3.63) is 88.5 Å². The molecule has 140 valence electrons. The third-order valence-corrected chi connectivity index (χ3v) is 5.09. The summed E-state index contributed by atoms with van der Waals surface area (Å²) in [4.78, 5) is 37.5. The van der Waals surface area contributed by atoms with Crippen LogP contribution in [0.4, 0.5) is 0 Å². The SMILES string of the molecule is O=C(c1cc2c(Cl)cc(Cl)cc2oc1=O)c1cc2c(Cl)cc(Cl)cc2oc1=O. The van der Waals surface area contributed by atoms with E-state index in [9.17, 15) is 14.4 Å². The third kappa shape index (κ3) is 3.20. The van der Waals surface area contributed by atoms with Gasteiger partial charge in [-0.3, -0.25) is 4.79 Å². The highest BCUT2D eigenvalue weighted by Gasteiger charge is 2.22. The molecule has 0 saturated carbocycles. The highest BCUT2D eigenvalue weighted by atomic mass is 35.5. The molecule has 0 amide bonds. The number of carbonyl (C=O) groups is 1. The summed E-state index contributed by atoms with van der Waals surface area (Å²) < 4.78 is 10.3. The van der Waals surface area contributed by atoms with Gasteiger partial charge in [0.1, 0.15) is 22.3 Å². The van der Waals surface area contributed by atoms with Crippen LogP contribution in [0.25, 0.3) is 21.9 Å². The predicted molar refractivity (Wildman–Crippen MR) is 108 cm³/mol. The first kappa shape index (κ1) is 19.0. The lowest BCUT2D eigenvalue weighted by molar-refractivity contribution is 0.103. The van der Waals surface area contributed by atoms with Gasteiger partial charge in [-0.15, -0.1) is 0 Å². The average Bonchev–Trinajstić information content (AvgIpc) is 2.59. The van der Waals surface area contributed by atoms with Crippen LogP contribution < -0.4 is 11.3 Å². The molecule has 0 fully saturated rings. The quantitative estimate of drug-likeness (QED) is 0.284. The molecule has 0 aliphatic carbocycles. The maximum atomic E-state index is 12.9. The van der Waals surface area contributed by atoms with Crippen LogP contribution in [0, 0.1) is 0 Å². The van der Waals surface area contributed by atoms with Crippen molar-refractivity contribution in [3.8, 4) is 0 Å². The Hall–Kier alpha value is -2.31. The monoisotopic (exact) mass is 454 g/mol. The Balaban J connectivity index is 1.95. The minimum Gasteiger partial charge on any atom is -0.422 e. The number of rotatable bonds is 2. The fourth-order valence-electron chi connectivity index (χ4n) is 2.75. The number of halogens is 4. The zero-order valence-corrected chi connectivity index (χ0v) is 16.5. The van der Waals surface area contributed by atoms with Gasteiger partial charge in [0.25, 0.3) is 0 Å². The molecule has 0 aliphatic heterocycles. The standard InChI is InChI=1S/C19H6Cl4O5/c20-7-1-13(22)9-5-11(18(25)27-15(9)3-7)17(24)12-6-10-14(23)2-8(21)4-16(10)28-19(12)26/h1-6H. The van der Waals surface area contributed by atoms with Crippen molar-refractivity contribution < 1.29 is 13.6 Å². The van der Waals surface area contributed by atoms with E-state index >= 15 is 0 Å². The molecule has 0 spiro atoms. The van der Waals surface area contributed by atoms with Crippen molar-refractivity contribution in [3.63, 3.8) is 0 Å². The lowest BCUT2D eigenvalue weighted by atomic mass is 10.0. The van der Waals surface area contributed by atoms with E-state index in [-0.39, 0.29) is 42.4 Å². The zero-order valence-electron chi connectivity index (χ0n) is 13.5. The lowest BCUT2D eigenvalue weighted by Crippen LogP contribution is -2.21. The maximum absolute atomic E-state index is 12.9. The molecule has 0 bridgehead atoms. The summed E-state index contributed by atoms with van der Waals surface area (Å²) in [6.07, 6.45) is 0. The van der Waals surface area contributed by atoms with E-state index in [4.69, 9.17) is 55.2 Å². The average molecular weight is 456 g/mol. The molecule has 0 saturated heterocycles. The van der Waals surface area contributed by atoms with Crippen molar-refractivity contribution >= 4 is 74.1 Å². The summed E-state index contributed by atoms with van der Waals surface area (Å²) in [5.74, 6) is -0.886. The lowest BCUT2D eigenvalue weighted by Gasteiger charge is -2.05. The van der Waals surface area contributed by atoms with Gasteiger partial charge in [-0.2, -0.15) is 0 Å². The van der Waals surface area contributed by atoms with Crippen LogP contribution in [0.1, 0.15) is 15.9 Å². The molecule has 2 aromatic carbocycles. The predicted octanol–water partition coefficient (Wildman–Crippen LogP) is 5.74. The second-order valence-corrected chi connectivity index (χ2v) is 7.51. The minimum absolute atomic E-state index is 0.113. The highest BCUT2D eigenvalue weighted by molar-refractivity contribution is 6.39. The van der Waals surface area contributed by atoms with Gasteiger partial charge in [-0.1, -0.05) is 46.4 Å². The first-order valence-electron chi connectivity index (χ1n) is 7.65. The molecule has 0 unspecified atom stereocenters. The Morgan fingerprint density at radius 2 is 1.04 bits per heavy atom. The molecular formula is C19H6Cl4O5. The smallest absolute Gasteiger partial charge is 0.347 e. The zero-order chi connectivity index (χ0) is 20.2. The molecule has 28 heavy (non-hydrogen) atoms. The van der Waals surface area contributed by atoms with Gasteiger partial charge in [-0.25, -0.2) is 9.59 Å². The van der Waals surface area contributed by atoms with Crippen LogP contribution >= 0.6 is 46.4 Å². The number of benzene rings is 2. The van der Waals surface area contributed by atoms with Gasteiger partial charge in [0.05, 0.1) is 10.0 Å². The summed E-state index contributed by atoms with van der Waals surface area (Å²) in [6, 6.07) is 8.16. The van der Waals surface area contributed by atoms with Crippen LogP contribution in [-0.2, 0) is 0 Å². The van der Waals surface area contributed by atoms with Crippen molar-refractivity contribution in [2.75, 3.05) is 0 Å².